The number of hydrogen-bond donors (Lipinski definition) is 2. The van der Waals surface area contributed by atoms with Crippen LogP contribution in [-0.4, -0.2) is 9.97 Å². The summed E-state index contributed by atoms with van der Waals surface area (Å²) in [6.07, 6.45) is 0. The molecule has 0 spiro atoms. The molecule has 19 heavy (non-hydrogen) atoms. The molecular weight excluding hydrogens is 243 g/mol. The Hall–Kier alpha value is -2.17. The number of hydrogen-bond acceptors (Lipinski definition) is 4. The van der Waals surface area contributed by atoms with E-state index in [-0.39, 0.29) is 11.2 Å². The predicted octanol–water partition coefficient (Wildman–Crippen LogP) is 3.24. The predicted molar refractivity (Wildman–Crippen MR) is 74.8 cm³/mol. The lowest BCUT2D eigenvalue weighted by Crippen LogP contribution is -2.17. The minimum Gasteiger partial charge on any atom is -0.384 e. The van der Waals surface area contributed by atoms with E-state index in [9.17, 15) is 4.39 Å². The number of nitrogens with two attached hydrogens (primary N) is 1. The molecule has 3 N–H and O–H groups in total. The summed E-state index contributed by atoms with van der Waals surface area (Å²) in [7, 11) is 0. The van der Waals surface area contributed by atoms with E-state index in [4.69, 9.17) is 5.73 Å². The van der Waals surface area contributed by atoms with E-state index in [2.05, 4.69) is 15.3 Å². The first kappa shape index (κ1) is 13.3. The monoisotopic (exact) mass is 260 g/mol. The van der Waals surface area contributed by atoms with E-state index in [0.717, 1.165) is 0 Å². The normalized spacial score (nSPS) is 11.4. The van der Waals surface area contributed by atoms with E-state index in [1.54, 1.807) is 18.2 Å². The first-order valence-corrected chi connectivity index (χ1v) is 6.02. The van der Waals surface area contributed by atoms with Crippen LogP contribution in [0.25, 0.3) is 0 Å². The highest BCUT2D eigenvalue weighted by atomic mass is 19.1. The summed E-state index contributed by atoms with van der Waals surface area (Å²) < 4.78 is 13.1. The van der Waals surface area contributed by atoms with Crippen molar-refractivity contribution in [2.75, 3.05) is 11.1 Å². The van der Waals surface area contributed by atoms with Crippen molar-refractivity contribution in [3.05, 3.63) is 42.0 Å². The third-order valence-corrected chi connectivity index (χ3v) is 2.51. The van der Waals surface area contributed by atoms with Gasteiger partial charge in [0, 0.05) is 17.2 Å². The van der Waals surface area contributed by atoms with E-state index in [1.807, 2.05) is 20.8 Å². The molecule has 0 aliphatic carbocycles. The molecule has 0 bridgehead atoms. The van der Waals surface area contributed by atoms with E-state index in [0.29, 0.717) is 23.1 Å². The van der Waals surface area contributed by atoms with Gasteiger partial charge in [0.15, 0.2) is 0 Å². The van der Waals surface area contributed by atoms with Crippen molar-refractivity contribution in [1.29, 1.82) is 0 Å². The number of nitrogens with zero attached hydrogens (tertiary/aromatic N) is 2. The number of aromatic nitrogens is 2. The van der Waals surface area contributed by atoms with Gasteiger partial charge in [-0.3, -0.25) is 0 Å². The maximum atomic E-state index is 13.1. The van der Waals surface area contributed by atoms with Crippen LogP contribution in [0.4, 0.5) is 21.7 Å². The number of anilines is 3. The second kappa shape index (κ2) is 4.84. The zero-order chi connectivity index (χ0) is 14.0. The zero-order valence-electron chi connectivity index (χ0n) is 11.2. The topological polar surface area (TPSA) is 63.8 Å². The van der Waals surface area contributed by atoms with Gasteiger partial charge in [0.25, 0.3) is 0 Å². The maximum Gasteiger partial charge on any atom is 0.138 e. The van der Waals surface area contributed by atoms with Crippen LogP contribution in [-0.2, 0) is 5.41 Å². The Labute approximate surface area is 111 Å². The molecule has 0 aliphatic rings. The Kier molecular flexibility index (Phi) is 3.38. The highest BCUT2D eigenvalue weighted by Crippen LogP contribution is 2.23. The standard InChI is InChI=1S/C14H17FN4/c1-14(2,3)13-18-11(16)8-12(19-13)17-10-6-4-5-9(15)7-10/h4-8H,1-3H3,(H3,16,17,18,19). The van der Waals surface area contributed by atoms with Crippen LogP contribution >= 0.6 is 0 Å². The molecule has 1 heterocycles. The zero-order valence-corrected chi connectivity index (χ0v) is 11.2. The first-order chi connectivity index (χ1) is 8.84. The van der Waals surface area contributed by atoms with Crippen molar-refractivity contribution in [1.82, 2.24) is 9.97 Å². The lowest BCUT2D eigenvalue weighted by molar-refractivity contribution is 0.547. The van der Waals surface area contributed by atoms with Gasteiger partial charge in [0.2, 0.25) is 0 Å². The molecule has 0 unspecified atom stereocenters. The average Bonchev–Trinajstić information content (AvgIpc) is 2.26. The summed E-state index contributed by atoms with van der Waals surface area (Å²) in [6, 6.07) is 7.81. The van der Waals surface area contributed by atoms with Crippen LogP contribution in [0, 0.1) is 5.82 Å². The first-order valence-electron chi connectivity index (χ1n) is 6.02. The van der Waals surface area contributed by atoms with Crippen molar-refractivity contribution >= 4 is 17.3 Å². The molecule has 2 aromatic rings. The average molecular weight is 260 g/mol. The number of rotatable bonds is 2. The number of halogens is 1. The third-order valence-electron chi connectivity index (χ3n) is 2.51. The fourth-order valence-electron chi connectivity index (χ4n) is 1.58. The lowest BCUT2D eigenvalue weighted by atomic mass is 9.96. The molecule has 0 aliphatic heterocycles. The Balaban J connectivity index is 2.33. The Morgan fingerprint density at radius 3 is 2.53 bits per heavy atom. The quantitative estimate of drug-likeness (QED) is 0.870. The van der Waals surface area contributed by atoms with E-state index < -0.39 is 0 Å². The van der Waals surface area contributed by atoms with Crippen LogP contribution in [0.5, 0.6) is 0 Å². The van der Waals surface area contributed by atoms with Crippen LogP contribution in [0.2, 0.25) is 0 Å². The van der Waals surface area contributed by atoms with Crippen molar-refractivity contribution in [3.63, 3.8) is 0 Å². The number of nitrogens with one attached hydrogen (secondary N) is 1. The Morgan fingerprint density at radius 2 is 1.89 bits per heavy atom. The van der Waals surface area contributed by atoms with Crippen LogP contribution in [0.15, 0.2) is 30.3 Å². The van der Waals surface area contributed by atoms with Crippen molar-refractivity contribution in [2.24, 2.45) is 0 Å². The summed E-state index contributed by atoms with van der Waals surface area (Å²) >= 11 is 0. The summed E-state index contributed by atoms with van der Waals surface area (Å²) in [5.41, 5.74) is 6.20. The molecule has 1 aromatic carbocycles. The summed E-state index contributed by atoms with van der Waals surface area (Å²) in [5, 5.41) is 3.03. The van der Waals surface area contributed by atoms with Gasteiger partial charge in [0.1, 0.15) is 23.3 Å². The molecular formula is C14H17FN4. The van der Waals surface area contributed by atoms with Crippen LogP contribution < -0.4 is 11.1 Å². The minimum atomic E-state index is -0.303. The molecule has 4 nitrogen and oxygen atoms in total. The molecule has 5 heteroatoms. The van der Waals surface area contributed by atoms with Crippen molar-refractivity contribution < 1.29 is 4.39 Å². The van der Waals surface area contributed by atoms with E-state index >= 15 is 0 Å². The molecule has 0 atom stereocenters. The fraction of sp³-hybridized carbons (Fsp3) is 0.286. The fourth-order valence-corrected chi connectivity index (χ4v) is 1.58. The molecule has 0 radical (unpaired) electrons. The lowest BCUT2D eigenvalue weighted by Gasteiger charge is -2.18. The van der Waals surface area contributed by atoms with Gasteiger partial charge >= 0.3 is 0 Å². The largest absolute Gasteiger partial charge is 0.384 e. The van der Waals surface area contributed by atoms with Crippen molar-refractivity contribution in [2.45, 2.75) is 26.2 Å². The Morgan fingerprint density at radius 1 is 1.16 bits per heavy atom. The van der Waals surface area contributed by atoms with Gasteiger partial charge in [-0.15, -0.1) is 0 Å². The molecule has 0 saturated carbocycles. The number of nitrogen functional groups attached to an aromatic ring is 1. The van der Waals surface area contributed by atoms with Gasteiger partial charge in [-0.25, -0.2) is 14.4 Å². The number of benzene rings is 1. The summed E-state index contributed by atoms with van der Waals surface area (Å²) in [4.78, 5) is 8.62. The minimum absolute atomic E-state index is 0.201. The van der Waals surface area contributed by atoms with Crippen molar-refractivity contribution in [3.8, 4) is 0 Å². The van der Waals surface area contributed by atoms with Gasteiger partial charge in [0.05, 0.1) is 0 Å². The van der Waals surface area contributed by atoms with Gasteiger partial charge in [-0.05, 0) is 18.2 Å². The van der Waals surface area contributed by atoms with Gasteiger partial charge in [-0.2, -0.15) is 0 Å². The van der Waals surface area contributed by atoms with Crippen LogP contribution in [0.1, 0.15) is 26.6 Å². The smallest absolute Gasteiger partial charge is 0.138 e. The molecule has 0 amide bonds. The summed E-state index contributed by atoms with van der Waals surface area (Å²) in [6.45, 7) is 6.02. The second-order valence-corrected chi connectivity index (χ2v) is 5.39. The maximum absolute atomic E-state index is 13.1. The molecule has 0 saturated heterocycles. The highest BCUT2D eigenvalue weighted by molar-refractivity contribution is 5.58. The molecule has 0 fully saturated rings. The van der Waals surface area contributed by atoms with Gasteiger partial charge in [-0.1, -0.05) is 26.8 Å². The highest BCUT2D eigenvalue weighted by Gasteiger charge is 2.18. The van der Waals surface area contributed by atoms with E-state index in [1.165, 1.54) is 12.1 Å². The molecule has 100 valence electrons. The molecule has 1 aromatic heterocycles. The van der Waals surface area contributed by atoms with Gasteiger partial charge < -0.3 is 11.1 Å². The molecule has 2 rings (SSSR count). The summed E-state index contributed by atoms with van der Waals surface area (Å²) in [5.74, 6) is 1.29. The Bertz CT molecular complexity index is 590. The van der Waals surface area contributed by atoms with Crippen LogP contribution in [0.3, 0.4) is 0 Å². The second-order valence-electron chi connectivity index (χ2n) is 5.39. The SMILES string of the molecule is CC(C)(C)c1nc(N)cc(Nc2cccc(F)c2)n1. The third kappa shape index (κ3) is 3.40.